The summed E-state index contributed by atoms with van der Waals surface area (Å²) in [6.45, 7) is 3.56. The first-order valence-electron chi connectivity index (χ1n) is 7.67. The zero-order valence-corrected chi connectivity index (χ0v) is 15.3. The summed E-state index contributed by atoms with van der Waals surface area (Å²) in [6.07, 6.45) is 2.48. The number of amidine groups is 2. The van der Waals surface area contributed by atoms with Crippen LogP contribution in [0.5, 0.6) is 0 Å². The lowest BCUT2D eigenvalue weighted by Gasteiger charge is -2.20. The van der Waals surface area contributed by atoms with Crippen LogP contribution in [0.1, 0.15) is 25.0 Å². The standard InChI is InChI=1S/C16H16N4O3S2/c1-3-10-5-7-11(8-6-10)9-12-13(17)20-15(18-14(12)21)24-16(19-20)25(22,23)4-2/h5-9,17H,3-4H2,1-2H3/b12-9-,17-13?. The molecule has 9 heteroatoms. The Kier molecular flexibility index (Phi) is 4.61. The van der Waals surface area contributed by atoms with Gasteiger partial charge in [0, 0.05) is 0 Å². The summed E-state index contributed by atoms with van der Waals surface area (Å²) in [4.78, 5) is 16.1. The monoisotopic (exact) mass is 376 g/mol. The fourth-order valence-corrected chi connectivity index (χ4v) is 4.40. The maximum absolute atomic E-state index is 12.3. The molecule has 7 nitrogen and oxygen atoms in total. The van der Waals surface area contributed by atoms with E-state index in [1.54, 1.807) is 6.08 Å². The average molecular weight is 376 g/mol. The highest BCUT2D eigenvalue weighted by molar-refractivity contribution is 8.42. The van der Waals surface area contributed by atoms with Gasteiger partial charge in [-0.3, -0.25) is 10.2 Å². The molecular formula is C16H16N4O3S2. The van der Waals surface area contributed by atoms with Crippen molar-refractivity contribution in [2.24, 2.45) is 10.1 Å². The molecule has 0 saturated heterocycles. The summed E-state index contributed by atoms with van der Waals surface area (Å²) in [5, 5.41) is 13.4. The molecule has 0 saturated carbocycles. The minimum Gasteiger partial charge on any atom is -0.282 e. The number of fused-ring (bicyclic) bond motifs is 1. The summed E-state index contributed by atoms with van der Waals surface area (Å²) in [6, 6.07) is 7.63. The Bertz CT molecular complexity index is 944. The average Bonchev–Trinajstić information content (AvgIpc) is 3.04. The first kappa shape index (κ1) is 17.6. The summed E-state index contributed by atoms with van der Waals surface area (Å²) in [5.74, 6) is -0.856. The molecule has 0 unspecified atom stereocenters. The van der Waals surface area contributed by atoms with Gasteiger partial charge in [0.2, 0.25) is 19.4 Å². The second-order valence-electron chi connectivity index (χ2n) is 5.38. The molecule has 0 atom stereocenters. The number of nitrogens with zero attached hydrogens (tertiary/aromatic N) is 3. The van der Waals surface area contributed by atoms with E-state index in [1.807, 2.05) is 24.3 Å². The van der Waals surface area contributed by atoms with Gasteiger partial charge in [0.05, 0.1) is 11.3 Å². The predicted octanol–water partition coefficient (Wildman–Crippen LogP) is 2.26. The SMILES string of the molecule is CCc1ccc(/C=C2/C(=N)N3N=C(S(=O)(=O)CC)SC3=NC2=O)cc1. The molecule has 2 heterocycles. The lowest BCUT2D eigenvalue weighted by atomic mass is 10.1. The Labute approximate surface area is 149 Å². The number of aliphatic imine (C=N–C) groups is 1. The molecule has 0 fully saturated rings. The quantitative estimate of drug-likeness (QED) is 0.815. The van der Waals surface area contributed by atoms with E-state index in [0.29, 0.717) is 0 Å². The lowest BCUT2D eigenvalue weighted by molar-refractivity contribution is -0.114. The van der Waals surface area contributed by atoms with Crippen LogP contribution in [0.15, 0.2) is 39.9 Å². The van der Waals surface area contributed by atoms with Crippen molar-refractivity contribution >= 4 is 49.0 Å². The third kappa shape index (κ3) is 3.29. The number of rotatable bonds is 3. The van der Waals surface area contributed by atoms with E-state index in [-0.39, 0.29) is 26.7 Å². The van der Waals surface area contributed by atoms with E-state index < -0.39 is 15.7 Å². The van der Waals surface area contributed by atoms with E-state index in [0.717, 1.165) is 28.8 Å². The van der Waals surface area contributed by atoms with Crippen molar-refractivity contribution in [2.75, 3.05) is 5.75 Å². The lowest BCUT2D eigenvalue weighted by Crippen LogP contribution is -2.35. The normalized spacial score (nSPS) is 19.1. The summed E-state index contributed by atoms with van der Waals surface area (Å²) >= 11 is 0.796. The van der Waals surface area contributed by atoms with Crippen LogP contribution in [0.3, 0.4) is 0 Å². The fraction of sp³-hybridized carbons (Fsp3) is 0.250. The number of amides is 1. The van der Waals surface area contributed by atoms with Crippen LogP contribution in [0, 0.1) is 5.41 Å². The van der Waals surface area contributed by atoms with Crippen molar-refractivity contribution in [1.29, 1.82) is 5.41 Å². The molecule has 1 amide bonds. The largest absolute Gasteiger partial charge is 0.283 e. The highest BCUT2D eigenvalue weighted by Gasteiger charge is 2.39. The van der Waals surface area contributed by atoms with Gasteiger partial charge in [-0.1, -0.05) is 38.1 Å². The molecule has 0 spiro atoms. The van der Waals surface area contributed by atoms with E-state index in [4.69, 9.17) is 5.41 Å². The number of hydrazone groups is 1. The van der Waals surface area contributed by atoms with Crippen LogP contribution in [-0.4, -0.2) is 40.5 Å². The van der Waals surface area contributed by atoms with Crippen LogP contribution in [-0.2, 0) is 21.1 Å². The molecule has 25 heavy (non-hydrogen) atoms. The van der Waals surface area contributed by atoms with E-state index in [1.165, 1.54) is 12.5 Å². The highest BCUT2D eigenvalue weighted by Crippen LogP contribution is 2.30. The molecule has 2 aliphatic heterocycles. The Balaban J connectivity index is 1.96. The van der Waals surface area contributed by atoms with E-state index in [9.17, 15) is 13.2 Å². The van der Waals surface area contributed by atoms with Crippen LogP contribution in [0.2, 0.25) is 0 Å². The number of hydrogen-bond acceptors (Lipinski definition) is 6. The first-order chi connectivity index (χ1) is 11.9. The molecule has 0 aromatic heterocycles. The van der Waals surface area contributed by atoms with Gasteiger partial charge >= 0.3 is 0 Å². The minimum atomic E-state index is -3.52. The van der Waals surface area contributed by atoms with E-state index >= 15 is 0 Å². The number of nitrogens with one attached hydrogen (secondary N) is 1. The van der Waals surface area contributed by atoms with Crippen LogP contribution in [0.4, 0.5) is 0 Å². The number of carbonyl (C=O) groups is 1. The molecular weight excluding hydrogens is 360 g/mol. The Morgan fingerprint density at radius 3 is 2.52 bits per heavy atom. The molecule has 1 aromatic rings. The van der Waals surface area contributed by atoms with Gasteiger partial charge in [0.1, 0.15) is 0 Å². The highest BCUT2D eigenvalue weighted by atomic mass is 32.3. The van der Waals surface area contributed by atoms with Gasteiger partial charge in [-0.25, -0.2) is 8.42 Å². The Morgan fingerprint density at radius 2 is 1.92 bits per heavy atom. The second kappa shape index (κ2) is 6.57. The van der Waals surface area contributed by atoms with Crippen LogP contribution >= 0.6 is 11.8 Å². The number of benzene rings is 1. The maximum atomic E-state index is 12.3. The first-order valence-corrected chi connectivity index (χ1v) is 10.1. The minimum absolute atomic E-state index is 0.0764. The second-order valence-corrected chi connectivity index (χ2v) is 8.79. The van der Waals surface area contributed by atoms with Crippen molar-refractivity contribution < 1.29 is 13.2 Å². The maximum Gasteiger partial charge on any atom is 0.283 e. The molecule has 1 N–H and O–H groups in total. The van der Waals surface area contributed by atoms with Gasteiger partial charge < -0.3 is 0 Å². The van der Waals surface area contributed by atoms with Gasteiger partial charge in [-0.15, -0.1) is 5.10 Å². The molecule has 3 rings (SSSR count). The molecule has 2 aliphatic rings. The van der Waals surface area contributed by atoms with Gasteiger partial charge in [0.15, 0.2) is 5.84 Å². The Hall–Kier alpha value is -2.26. The van der Waals surface area contributed by atoms with Crippen LogP contribution < -0.4 is 0 Å². The third-order valence-corrected chi connectivity index (χ3v) is 6.87. The molecule has 130 valence electrons. The van der Waals surface area contributed by atoms with Gasteiger partial charge in [0.25, 0.3) is 5.91 Å². The zero-order chi connectivity index (χ0) is 18.2. The number of carbonyl (C=O) groups excluding carboxylic acids is 1. The zero-order valence-electron chi connectivity index (χ0n) is 13.7. The number of hydrogen-bond donors (Lipinski definition) is 1. The predicted molar refractivity (Wildman–Crippen MR) is 100 cm³/mol. The van der Waals surface area contributed by atoms with Crippen molar-refractivity contribution in [3.8, 4) is 0 Å². The molecule has 0 aliphatic carbocycles. The number of sulfone groups is 1. The van der Waals surface area contributed by atoms with E-state index in [2.05, 4.69) is 17.0 Å². The van der Waals surface area contributed by atoms with Gasteiger partial charge in [-0.2, -0.15) is 10.0 Å². The van der Waals surface area contributed by atoms with Crippen molar-refractivity contribution in [3.05, 3.63) is 41.0 Å². The summed E-state index contributed by atoms with van der Waals surface area (Å²) < 4.78 is 23.8. The van der Waals surface area contributed by atoms with Crippen molar-refractivity contribution in [3.63, 3.8) is 0 Å². The van der Waals surface area contributed by atoms with Crippen molar-refractivity contribution in [2.45, 2.75) is 20.3 Å². The van der Waals surface area contributed by atoms with Crippen LogP contribution in [0.25, 0.3) is 6.08 Å². The topological polar surface area (TPSA) is 103 Å². The molecule has 0 bridgehead atoms. The Morgan fingerprint density at radius 1 is 1.24 bits per heavy atom. The fourth-order valence-electron chi connectivity index (χ4n) is 2.24. The smallest absolute Gasteiger partial charge is 0.282 e. The summed E-state index contributed by atoms with van der Waals surface area (Å²) in [7, 11) is -3.52. The summed E-state index contributed by atoms with van der Waals surface area (Å²) in [5.41, 5.74) is 2.01. The molecule has 1 aromatic carbocycles. The third-order valence-electron chi connectivity index (χ3n) is 3.78. The number of aryl methyl sites for hydroxylation is 1. The van der Waals surface area contributed by atoms with Crippen molar-refractivity contribution in [1.82, 2.24) is 5.01 Å². The van der Waals surface area contributed by atoms with Gasteiger partial charge in [-0.05, 0) is 35.4 Å². The number of thioether (sulfide) groups is 1. The molecule has 0 radical (unpaired) electrons.